The lowest BCUT2D eigenvalue weighted by Gasteiger charge is -2.17. The monoisotopic (exact) mass is 260 g/mol. The molecule has 0 radical (unpaired) electrons. The van der Waals surface area contributed by atoms with E-state index in [9.17, 15) is 13.2 Å². The summed E-state index contributed by atoms with van der Waals surface area (Å²) in [5.74, 6) is 5.30. The summed E-state index contributed by atoms with van der Waals surface area (Å²) in [4.78, 5) is 0. The van der Waals surface area contributed by atoms with Crippen molar-refractivity contribution in [2.24, 2.45) is 5.84 Å². The van der Waals surface area contributed by atoms with Gasteiger partial charge in [-0.2, -0.15) is 13.2 Å². The fourth-order valence-electron chi connectivity index (χ4n) is 1.80. The van der Waals surface area contributed by atoms with E-state index < -0.39 is 12.6 Å². The topological polar surface area (TPSA) is 38.0 Å². The average Bonchev–Trinajstić information content (AvgIpc) is 2.28. The molecule has 1 atom stereocenters. The molecule has 18 heavy (non-hydrogen) atoms. The number of aryl methyl sites for hydroxylation is 2. The summed E-state index contributed by atoms with van der Waals surface area (Å²) in [5.41, 5.74) is 5.77. The highest BCUT2D eigenvalue weighted by Crippen LogP contribution is 2.23. The third-order valence-corrected chi connectivity index (χ3v) is 3.07. The minimum absolute atomic E-state index is 0.00702. The Bertz CT molecular complexity index is 388. The van der Waals surface area contributed by atoms with Crippen molar-refractivity contribution in [2.45, 2.75) is 45.3 Å². The van der Waals surface area contributed by atoms with Crippen LogP contribution in [0.3, 0.4) is 0 Å². The highest BCUT2D eigenvalue weighted by atomic mass is 19.4. The van der Waals surface area contributed by atoms with Crippen molar-refractivity contribution in [1.82, 2.24) is 5.43 Å². The molecule has 0 spiro atoms. The van der Waals surface area contributed by atoms with E-state index in [1.54, 1.807) is 0 Å². The quantitative estimate of drug-likeness (QED) is 0.631. The summed E-state index contributed by atoms with van der Waals surface area (Å²) in [6.45, 7) is 3.99. The summed E-state index contributed by atoms with van der Waals surface area (Å²) < 4.78 is 36.4. The number of halogens is 3. The second-order valence-corrected chi connectivity index (χ2v) is 4.64. The number of hydrogen-bond donors (Lipinski definition) is 2. The minimum atomic E-state index is -4.13. The van der Waals surface area contributed by atoms with Gasteiger partial charge in [-0.05, 0) is 43.4 Å². The summed E-state index contributed by atoms with van der Waals surface area (Å²) >= 11 is 0. The second kappa shape index (κ2) is 6.20. The maximum absolute atomic E-state index is 12.1. The molecule has 0 aliphatic carbocycles. The Labute approximate surface area is 105 Å². The predicted octanol–water partition coefficient (Wildman–Crippen LogP) is 3.02. The smallest absolute Gasteiger partial charge is 0.271 e. The first-order chi connectivity index (χ1) is 8.31. The molecule has 5 heteroatoms. The van der Waals surface area contributed by atoms with Gasteiger partial charge in [-0.25, -0.2) is 0 Å². The van der Waals surface area contributed by atoms with Crippen LogP contribution in [0, 0.1) is 13.8 Å². The van der Waals surface area contributed by atoms with Crippen molar-refractivity contribution in [3.05, 3.63) is 34.9 Å². The Kier molecular flexibility index (Phi) is 5.16. The standard InChI is InChI=1S/C13H19F3N2/c1-9-3-4-11(7-10(9)2)8-12(18-17)5-6-13(14,15)16/h3-4,7,12,18H,5-6,8,17H2,1-2H3. The molecule has 0 heterocycles. The molecule has 2 nitrogen and oxygen atoms in total. The second-order valence-electron chi connectivity index (χ2n) is 4.64. The molecule has 3 N–H and O–H groups in total. The van der Waals surface area contributed by atoms with Crippen molar-refractivity contribution in [1.29, 1.82) is 0 Å². The largest absolute Gasteiger partial charge is 0.389 e. The third kappa shape index (κ3) is 5.06. The van der Waals surface area contributed by atoms with Crippen molar-refractivity contribution < 1.29 is 13.2 Å². The number of rotatable bonds is 5. The zero-order chi connectivity index (χ0) is 13.8. The lowest BCUT2D eigenvalue weighted by Crippen LogP contribution is -2.37. The number of alkyl halides is 3. The Balaban J connectivity index is 2.59. The number of benzene rings is 1. The Morgan fingerprint density at radius 2 is 1.89 bits per heavy atom. The lowest BCUT2D eigenvalue weighted by molar-refractivity contribution is -0.136. The van der Waals surface area contributed by atoms with Gasteiger partial charge in [-0.15, -0.1) is 0 Å². The summed E-state index contributed by atoms with van der Waals surface area (Å²) in [6, 6.07) is 5.55. The first-order valence-corrected chi connectivity index (χ1v) is 5.91. The van der Waals surface area contributed by atoms with Gasteiger partial charge in [0.15, 0.2) is 0 Å². The van der Waals surface area contributed by atoms with E-state index in [0.29, 0.717) is 6.42 Å². The molecule has 0 saturated heterocycles. The summed E-state index contributed by atoms with van der Waals surface area (Å²) in [7, 11) is 0. The Hall–Kier alpha value is -1.07. The first-order valence-electron chi connectivity index (χ1n) is 5.91. The van der Waals surface area contributed by atoms with E-state index in [1.165, 1.54) is 5.56 Å². The van der Waals surface area contributed by atoms with Crippen molar-refractivity contribution in [2.75, 3.05) is 0 Å². The molecule has 1 aromatic carbocycles. The molecule has 1 rings (SSSR count). The Morgan fingerprint density at radius 3 is 2.39 bits per heavy atom. The Morgan fingerprint density at radius 1 is 1.22 bits per heavy atom. The van der Waals surface area contributed by atoms with Gasteiger partial charge in [-0.1, -0.05) is 18.2 Å². The van der Waals surface area contributed by atoms with Gasteiger partial charge in [0.25, 0.3) is 0 Å². The van der Waals surface area contributed by atoms with Crippen LogP contribution in [-0.2, 0) is 6.42 Å². The zero-order valence-corrected chi connectivity index (χ0v) is 10.6. The van der Waals surface area contributed by atoms with Crippen LogP contribution < -0.4 is 11.3 Å². The molecular formula is C13H19F3N2. The molecule has 0 fully saturated rings. The maximum atomic E-state index is 12.1. The number of hydrazine groups is 1. The van der Waals surface area contributed by atoms with E-state index in [-0.39, 0.29) is 12.5 Å². The average molecular weight is 260 g/mol. The van der Waals surface area contributed by atoms with E-state index in [1.807, 2.05) is 32.0 Å². The fourth-order valence-corrected chi connectivity index (χ4v) is 1.80. The van der Waals surface area contributed by atoms with Crippen LogP contribution in [-0.4, -0.2) is 12.2 Å². The van der Waals surface area contributed by atoms with Gasteiger partial charge in [0.1, 0.15) is 0 Å². The van der Waals surface area contributed by atoms with Crippen LogP contribution in [0.2, 0.25) is 0 Å². The highest BCUT2D eigenvalue weighted by molar-refractivity contribution is 5.30. The molecule has 0 bridgehead atoms. The molecular weight excluding hydrogens is 241 g/mol. The van der Waals surface area contributed by atoms with Crippen LogP contribution in [0.15, 0.2) is 18.2 Å². The molecule has 0 aliphatic heterocycles. The summed E-state index contributed by atoms with van der Waals surface area (Å²) in [6.07, 6.45) is -4.44. The van der Waals surface area contributed by atoms with Crippen LogP contribution in [0.25, 0.3) is 0 Å². The van der Waals surface area contributed by atoms with Gasteiger partial charge >= 0.3 is 6.18 Å². The van der Waals surface area contributed by atoms with Crippen LogP contribution in [0.5, 0.6) is 0 Å². The third-order valence-electron chi connectivity index (χ3n) is 3.07. The SMILES string of the molecule is Cc1ccc(CC(CCC(F)(F)F)NN)cc1C. The molecule has 0 aromatic heterocycles. The van der Waals surface area contributed by atoms with Crippen molar-refractivity contribution in [3.8, 4) is 0 Å². The van der Waals surface area contributed by atoms with Crippen molar-refractivity contribution >= 4 is 0 Å². The van der Waals surface area contributed by atoms with Crippen LogP contribution in [0.1, 0.15) is 29.5 Å². The molecule has 0 amide bonds. The minimum Gasteiger partial charge on any atom is -0.271 e. The molecule has 0 saturated carbocycles. The fraction of sp³-hybridized carbons (Fsp3) is 0.538. The molecule has 0 aliphatic rings. The zero-order valence-electron chi connectivity index (χ0n) is 10.6. The van der Waals surface area contributed by atoms with Gasteiger partial charge in [0.05, 0.1) is 0 Å². The normalized spacial score (nSPS) is 13.7. The molecule has 1 unspecified atom stereocenters. The number of hydrogen-bond acceptors (Lipinski definition) is 2. The summed E-state index contributed by atoms with van der Waals surface area (Å²) in [5, 5.41) is 0. The first kappa shape index (κ1) is 15.0. The van der Waals surface area contributed by atoms with Gasteiger partial charge in [0, 0.05) is 12.5 Å². The van der Waals surface area contributed by atoms with Crippen molar-refractivity contribution in [3.63, 3.8) is 0 Å². The number of nitrogens with one attached hydrogen (secondary N) is 1. The van der Waals surface area contributed by atoms with Gasteiger partial charge in [0.2, 0.25) is 0 Å². The maximum Gasteiger partial charge on any atom is 0.389 e. The highest BCUT2D eigenvalue weighted by Gasteiger charge is 2.28. The van der Waals surface area contributed by atoms with Gasteiger partial charge < -0.3 is 0 Å². The lowest BCUT2D eigenvalue weighted by atomic mass is 9.99. The molecule has 102 valence electrons. The molecule has 1 aromatic rings. The van der Waals surface area contributed by atoms with E-state index in [4.69, 9.17) is 5.84 Å². The van der Waals surface area contributed by atoms with E-state index in [2.05, 4.69) is 5.43 Å². The van der Waals surface area contributed by atoms with E-state index >= 15 is 0 Å². The van der Waals surface area contributed by atoms with Crippen LogP contribution >= 0.6 is 0 Å². The predicted molar refractivity (Wildman–Crippen MR) is 66.0 cm³/mol. The van der Waals surface area contributed by atoms with Gasteiger partial charge in [-0.3, -0.25) is 11.3 Å². The number of nitrogens with two attached hydrogens (primary N) is 1. The van der Waals surface area contributed by atoms with Crippen LogP contribution in [0.4, 0.5) is 13.2 Å². The van der Waals surface area contributed by atoms with E-state index in [0.717, 1.165) is 11.1 Å².